The molecule has 0 unspecified atom stereocenters. The van der Waals surface area contributed by atoms with Crippen molar-refractivity contribution in [2.24, 2.45) is 7.05 Å². The number of esters is 2. The van der Waals surface area contributed by atoms with Crippen LogP contribution in [0.15, 0.2) is 27.4 Å². The minimum Gasteiger partial charge on any atom is -0.462 e. The Morgan fingerprint density at radius 3 is 2.35 bits per heavy atom. The maximum Gasteiger partial charge on any atom is 0.342 e. The van der Waals surface area contributed by atoms with Crippen LogP contribution < -0.4 is 11.0 Å². The number of fused-ring (bicyclic) bond motifs is 1. The highest BCUT2D eigenvalue weighted by molar-refractivity contribution is 7.99. The van der Waals surface area contributed by atoms with Gasteiger partial charge in [-0.1, -0.05) is 0 Å². The van der Waals surface area contributed by atoms with Gasteiger partial charge in [0, 0.05) is 26.4 Å². The quantitative estimate of drug-likeness (QED) is 0.509. The van der Waals surface area contributed by atoms with Crippen molar-refractivity contribution in [1.29, 1.82) is 0 Å². The van der Waals surface area contributed by atoms with E-state index in [0.717, 1.165) is 16.2 Å². The molecular formula is C18H20N6O6S. The number of carbonyl (C=O) groups is 3. The van der Waals surface area contributed by atoms with E-state index in [2.05, 4.69) is 20.3 Å². The Morgan fingerprint density at radius 2 is 1.81 bits per heavy atom. The van der Waals surface area contributed by atoms with Crippen molar-refractivity contribution >= 4 is 41.2 Å². The summed E-state index contributed by atoms with van der Waals surface area (Å²) in [5.41, 5.74) is -1.31. The van der Waals surface area contributed by atoms with Crippen molar-refractivity contribution in [2.75, 3.05) is 18.5 Å². The number of nitrogens with one attached hydrogen (secondary N) is 2. The van der Waals surface area contributed by atoms with Gasteiger partial charge in [0.05, 0.1) is 13.2 Å². The zero-order valence-corrected chi connectivity index (χ0v) is 18.0. The lowest BCUT2D eigenvalue weighted by Crippen LogP contribution is -2.22. The van der Waals surface area contributed by atoms with E-state index in [1.165, 1.54) is 6.92 Å². The summed E-state index contributed by atoms with van der Waals surface area (Å²) in [6.45, 7) is 4.53. The van der Waals surface area contributed by atoms with Gasteiger partial charge in [-0.2, -0.15) is 4.98 Å². The third-order valence-electron chi connectivity index (χ3n) is 3.97. The van der Waals surface area contributed by atoms with Gasteiger partial charge in [-0.15, -0.1) is 0 Å². The van der Waals surface area contributed by atoms with Crippen molar-refractivity contribution in [1.82, 2.24) is 23.9 Å². The number of aryl methyl sites for hydroxylation is 1. The van der Waals surface area contributed by atoms with Crippen molar-refractivity contribution in [3.63, 3.8) is 0 Å². The maximum absolute atomic E-state index is 12.9. The van der Waals surface area contributed by atoms with E-state index in [-0.39, 0.29) is 41.0 Å². The van der Waals surface area contributed by atoms with Crippen LogP contribution in [-0.4, -0.2) is 55.0 Å². The number of carbonyl (C=O) groups excluding carboxylic acids is 3. The summed E-state index contributed by atoms with van der Waals surface area (Å²) >= 11 is 0.980. The molecule has 0 saturated carbocycles. The molecule has 0 aromatic carbocycles. The first-order valence-electron chi connectivity index (χ1n) is 9.24. The molecular weight excluding hydrogens is 428 g/mol. The largest absolute Gasteiger partial charge is 0.462 e. The van der Waals surface area contributed by atoms with E-state index in [0.29, 0.717) is 5.16 Å². The number of ether oxygens (including phenoxy) is 2. The summed E-state index contributed by atoms with van der Waals surface area (Å²) in [4.78, 5) is 60.8. The van der Waals surface area contributed by atoms with E-state index in [9.17, 15) is 19.2 Å². The molecule has 3 rings (SSSR count). The SMILES string of the molecule is CCOC(=O)c1c(C(=O)OCC)c2nc(NC(C)=O)[nH]c(=O)n2c1Sc1nccn1C. The monoisotopic (exact) mass is 448 g/mol. The molecule has 0 saturated heterocycles. The number of nitrogens with zero attached hydrogens (tertiary/aromatic N) is 4. The normalized spacial score (nSPS) is 10.8. The van der Waals surface area contributed by atoms with Crippen LogP contribution in [0.4, 0.5) is 5.95 Å². The molecule has 12 nitrogen and oxygen atoms in total. The molecule has 3 aromatic rings. The second-order valence-corrected chi connectivity index (χ2v) is 7.11. The molecule has 3 aromatic heterocycles. The highest BCUT2D eigenvalue weighted by Gasteiger charge is 2.33. The predicted molar refractivity (Wildman–Crippen MR) is 109 cm³/mol. The molecule has 31 heavy (non-hydrogen) atoms. The van der Waals surface area contributed by atoms with Crippen LogP contribution >= 0.6 is 11.8 Å². The Morgan fingerprint density at radius 1 is 1.16 bits per heavy atom. The van der Waals surface area contributed by atoms with Gasteiger partial charge >= 0.3 is 17.6 Å². The average Bonchev–Trinajstić information content (AvgIpc) is 3.23. The minimum atomic E-state index is -0.860. The number of aromatic amines is 1. The van der Waals surface area contributed by atoms with E-state index in [1.54, 1.807) is 37.9 Å². The molecule has 0 aliphatic carbocycles. The van der Waals surface area contributed by atoms with E-state index >= 15 is 0 Å². The lowest BCUT2D eigenvalue weighted by atomic mass is 10.2. The van der Waals surface area contributed by atoms with Crippen LogP contribution in [-0.2, 0) is 21.3 Å². The van der Waals surface area contributed by atoms with Gasteiger partial charge in [-0.25, -0.2) is 23.8 Å². The van der Waals surface area contributed by atoms with E-state index in [1.807, 2.05) is 0 Å². The molecule has 1 amide bonds. The number of anilines is 1. The molecule has 0 spiro atoms. The third-order valence-corrected chi connectivity index (χ3v) is 5.12. The van der Waals surface area contributed by atoms with Crippen LogP contribution in [0.5, 0.6) is 0 Å². The van der Waals surface area contributed by atoms with Gasteiger partial charge in [0.15, 0.2) is 10.8 Å². The number of amides is 1. The zero-order chi connectivity index (χ0) is 22.7. The molecule has 13 heteroatoms. The second kappa shape index (κ2) is 9.04. The molecule has 0 atom stereocenters. The first-order valence-corrected chi connectivity index (χ1v) is 10.1. The molecule has 0 aliphatic rings. The standard InChI is InChI=1S/C18H20N6O6S/c1-5-29-14(26)10-11(15(27)30-6-2)13(31-18-19-7-8-23(18)4)24-12(10)21-16(20-9(3)25)22-17(24)28/h7-8H,5-6H2,1-4H3,(H2,20,21,22,25,28). The van der Waals surface area contributed by atoms with Gasteiger partial charge in [0.25, 0.3) is 0 Å². The van der Waals surface area contributed by atoms with Gasteiger partial charge in [0.2, 0.25) is 11.9 Å². The minimum absolute atomic E-state index is 0.0298. The summed E-state index contributed by atoms with van der Waals surface area (Å²) in [5, 5.41) is 2.89. The number of aromatic nitrogens is 5. The van der Waals surface area contributed by atoms with Gasteiger partial charge in [0.1, 0.15) is 16.2 Å². The molecule has 3 heterocycles. The molecule has 164 valence electrons. The Kier molecular flexibility index (Phi) is 6.44. The van der Waals surface area contributed by atoms with Crippen LogP contribution in [0.1, 0.15) is 41.5 Å². The number of H-pyrrole nitrogens is 1. The fraction of sp³-hybridized carbons (Fsp3) is 0.333. The second-order valence-electron chi connectivity index (χ2n) is 6.15. The summed E-state index contributed by atoms with van der Waals surface area (Å²) in [5.74, 6) is -2.35. The van der Waals surface area contributed by atoms with Crippen LogP contribution in [0, 0.1) is 0 Å². The fourth-order valence-corrected chi connectivity index (χ4v) is 3.81. The van der Waals surface area contributed by atoms with E-state index < -0.39 is 23.5 Å². The zero-order valence-electron chi connectivity index (χ0n) is 17.2. The highest BCUT2D eigenvalue weighted by Crippen LogP contribution is 2.35. The fourth-order valence-electron chi connectivity index (χ4n) is 2.77. The summed E-state index contributed by atoms with van der Waals surface area (Å²) in [6, 6.07) is 0. The van der Waals surface area contributed by atoms with Crippen molar-refractivity contribution in [3.8, 4) is 0 Å². The summed E-state index contributed by atoms with van der Waals surface area (Å²) in [7, 11) is 1.73. The van der Waals surface area contributed by atoms with Crippen LogP contribution in [0.2, 0.25) is 0 Å². The maximum atomic E-state index is 12.9. The predicted octanol–water partition coefficient (Wildman–Crippen LogP) is 1.22. The molecule has 0 fully saturated rings. The first-order chi connectivity index (χ1) is 14.8. The Bertz CT molecular complexity index is 1230. The average molecular weight is 448 g/mol. The molecule has 0 radical (unpaired) electrons. The van der Waals surface area contributed by atoms with Gasteiger partial charge in [-0.3, -0.25) is 15.1 Å². The molecule has 0 bridgehead atoms. The Labute approximate surface area is 180 Å². The van der Waals surface area contributed by atoms with Crippen molar-refractivity contribution in [2.45, 2.75) is 31.0 Å². The number of imidazole rings is 1. The highest BCUT2D eigenvalue weighted by atomic mass is 32.2. The summed E-state index contributed by atoms with van der Waals surface area (Å²) in [6.07, 6.45) is 3.23. The topological polar surface area (TPSA) is 150 Å². The summed E-state index contributed by atoms with van der Waals surface area (Å²) < 4.78 is 13.0. The van der Waals surface area contributed by atoms with Crippen LogP contribution in [0.25, 0.3) is 5.65 Å². The van der Waals surface area contributed by atoms with Crippen molar-refractivity contribution < 1.29 is 23.9 Å². The number of rotatable bonds is 7. The number of hydrogen-bond acceptors (Lipinski definition) is 9. The van der Waals surface area contributed by atoms with Crippen LogP contribution in [0.3, 0.4) is 0 Å². The Hall–Kier alpha value is -3.61. The third kappa shape index (κ3) is 4.30. The first kappa shape index (κ1) is 22.1. The lowest BCUT2D eigenvalue weighted by Gasteiger charge is -2.07. The number of hydrogen-bond donors (Lipinski definition) is 2. The van der Waals surface area contributed by atoms with Crippen molar-refractivity contribution in [3.05, 3.63) is 34.0 Å². The lowest BCUT2D eigenvalue weighted by molar-refractivity contribution is -0.114. The Balaban J connectivity index is 2.39. The smallest absolute Gasteiger partial charge is 0.342 e. The van der Waals surface area contributed by atoms with E-state index in [4.69, 9.17) is 9.47 Å². The molecule has 2 N–H and O–H groups in total. The van der Waals surface area contributed by atoms with Gasteiger partial charge in [-0.05, 0) is 25.6 Å². The molecule has 0 aliphatic heterocycles. The van der Waals surface area contributed by atoms with Gasteiger partial charge < -0.3 is 14.0 Å².